The molecule has 2 aliphatic heterocycles. The van der Waals surface area contributed by atoms with E-state index in [4.69, 9.17) is 0 Å². The van der Waals surface area contributed by atoms with E-state index in [0.29, 0.717) is 13.1 Å². The zero-order chi connectivity index (χ0) is 21.3. The minimum absolute atomic E-state index is 0.0187. The Balaban J connectivity index is 1.66. The average molecular weight is 407 g/mol. The predicted octanol–water partition coefficient (Wildman–Crippen LogP) is 2.69. The molecular formula is C24H30N4O2. The standard InChI is InChI=1S/C24H30N4O2/c1-17-8-7-11-21(25-17)14-27-13-12-22-23(20-9-5-4-6-10-20)28(19(3)30)16-24(22,15-27)26-18(2)29/h4-11,22-23H,12-16H2,1-3H3,(H,26,29)/t22-,23-,24-/m1/s1. The lowest BCUT2D eigenvalue weighted by Gasteiger charge is -2.45. The second-order valence-electron chi connectivity index (χ2n) is 8.72. The first-order valence-corrected chi connectivity index (χ1v) is 10.6. The van der Waals surface area contributed by atoms with Crippen LogP contribution in [0.2, 0.25) is 0 Å². The molecule has 0 bridgehead atoms. The number of carbonyl (C=O) groups is 2. The lowest BCUT2D eigenvalue weighted by atomic mass is 9.75. The Labute approximate surface area is 178 Å². The fraction of sp³-hybridized carbons (Fsp3) is 0.458. The maximum Gasteiger partial charge on any atom is 0.220 e. The fourth-order valence-electron chi connectivity index (χ4n) is 5.38. The summed E-state index contributed by atoms with van der Waals surface area (Å²) in [5.41, 5.74) is 2.72. The zero-order valence-corrected chi connectivity index (χ0v) is 18.0. The van der Waals surface area contributed by atoms with Crippen LogP contribution in [0.25, 0.3) is 0 Å². The Morgan fingerprint density at radius 1 is 1.10 bits per heavy atom. The molecule has 3 atom stereocenters. The van der Waals surface area contributed by atoms with Crippen LogP contribution < -0.4 is 5.32 Å². The monoisotopic (exact) mass is 406 g/mol. The van der Waals surface area contributed by atoms with Gasteiger partial charge in [0.25, 0.3) is 0 Å². The quantitative estimate of drug-likeness (QED) is 0.848. The molecule has 0 saturated carbocycles. The summed E-state index contributed by atoms with van der Waals surface area (Å²) < 4.78 is 0. The average Bonchev–Trinajstić information content (AvgIpc) is 3.02. The van der Waals surface area contributed by atoms with Crippen LogP contribution in [0.1, 0.15) is 43.3 Å². The van der Waals surface area contributed by atoms with Crippen LogP contribution in [0.5, 0.6) is 0 Å². The molecule has 0 aliphatic carbocycles. The summed E-state index contributed by atoms with van der Waals surface area (Å²) in [5, 5.41) is 3.27. The van der Waals surface area contributed by atoms with Gasteiger partial charge in [-0.3, -0.25) is 19.5 Å². The van der Waals surface area contributed by atoms with Crippen molar-refractivity contribution in [2.75, 3.05) is 19.6 Å². The number of aryl methyl sites for hydroxylation is 1. The number of aromatic nitrogens is 1. The molecule has 2 saturated heterocycles. The van der Waals surface area contributed by atoms with Gasteiger partial charge in [-0.15, -0.1) is 0 Å². The van der Waals surface area contributed by atoms with E-state index in [2.05, 4.69) is 27.3 Å². The summed E-state index contributed by atoms with van der Waals surface area (Å²) in [4.78, 5) is 33.8. The van der Waals surface area contributed by atoms with E-state index in [1.165, 1.54) is 0 Å². The second kappa shape index (κ2) is 8.19. The Bertz CT molecular complexity index is 932. The van der Waals surface area contributed by atoms with Gasteiger partial charge in [0.15, 0.2) is 0 Å². The predicted molar refractivity (Wildman–Crippen MR) is 115 cm³/mol. The largest absolute Gasteiger partial charge is 0.347 e. The lowest BCUT2D eigenvalue weighted by Crippen LogP contribution is -2.63. The normalized spacial score (nSPS) is 26.3. The van der Waals surface area contributed by atoms with E-state index in [1.54, 1.807) is 13.8 Å². The van der Waals surface area contributed by atoms with Crippen molar-refractivity contribution < 1.29 is 9.59 Å². The van der Waals surface area contributed by atoms with Gasteiger partial charge in [-0.1, -0.05) is 36.4 Å². The van der Waals surface area contributed by atoms with E-state index in [-0.39, 0.29) is 23.8 Å². The van der Waals surface area contributed by atoms with E-state index in [1.807, 2.05) is 48.2 Å². The molecule has 0 radical (unpaired) electrons. The SMILES string of the molecule is CC(=O)N[C@@]12CN(Cc3cccc(C)n3)CC[C@@H]1[C@@H](c1ccccc1)N(C(C)=O)C2. The summed E-state index contributed by atoms with van der Waals surface area (Å²) in [6, 6.07) is 16.3. The van der Waals surface area contributed by atoms with Crippen LogP contribution in [0.15, 0.2) is 48.5 Å². The number of hydrogen-bond donors (Lipinski definition) is 1. The third kappa shape index (κ3) is 3.97. The summed E-state index contributed by atoms with van der Waals surface area (Å²) >= 11 is 0. The maximum atomic E-state index is 12.6. The highest BCUT2D eigenvalue weighted by molar-refractivity contribution is 5.77. The summed E-state index contributed by atoms with van der Waals surface area (Å²) in [5.74, 6) is 0.178. The first kappa shape index (κ1) is 20.5. The van der Waals surface area contributed by atoms with Gasteiger partial charge in [-0.25, -0.2) is 0 Å². The highest BCUT2D eigenvalue weighted by Crippen LogP contribution is 2.47. The molecular weight excluding hydrogens is 376 g/mol. The molecule has 3 heterocycles. The minimum Gasteiger partial charge on any atom is -0.347 e. The van der Waals surface area contributed by atoms with E-state index in [0.717, 1.165) is 36.5 Å². The third-order valence-corrected chi connectivity index (χ3v) is 6.44. The van der Waals surface area contributed by atoms with Crippen molar-refractivity contribution in [3.8, 4) is 0 Å². The number of fused-ring (bicyclic) bond motifs is 1. The summed E-state index contributed by atoms with van der Waals surface area (Å²) in [6.45, 7) is 8.09. The number of benzene rings is 1. The van der Waals surface area contributed by atoms with Crippen molar-refractivity contribution in [1.29, 1.82) is 0 Å². The van der Waals surface area contributed by atoms with Gasteiger partial charge in [0.05, 0.1) is 17.3 Å². The van der Waals surface area contributed by atoms with Crippen molar-refractivity contribution in [3.63, 3.8) is 0 Å². The van der Waals surface area contributed by atoms with Crippen LogP contribution in [0, 0.1) is 12.8 Å². The summed E-state index contributed by atoms with van der Waals surface area (Å²) in [7, 11) is 0. The highest BCUT2D eigenvalue weighted by atomic mass is 16.2. The molecule has 6 heteroatoms. The van der Waals surface area contributed by atoms with Crippen LogP contribution in [0.3, 0.4) is 0 Å². The van der Waals surface area contributed by atoms with Crippen molar-refractivity contribution in [2.45, 2.75) is 45.3 Å². The van der Waals surface area contributed by atoms with E-state index >= 15 is 0 Å². The number of amides is 2. The van der Waals surface area contributed by atoms with Crippen LogP contribution in [-0.2, 0) is 16.1 Å². The molecule has 30 heavy (non-hydrogen) atoms. The Morgan fingerprint density at radius 2 is 1.87 bits per heavy atom. The van der Waals surface area contributed by atoms with Gasteiger partial charge >= 0.3 is 0 Å². The third-order valence-electron chi connectivity index (χ3n) is 6.44. The van der Waals surface area contributed by atoms with Gasteiger partial charge in [-0.05, 0) is 37.6 Å². The van der Waals surface area contributed by atoms with Crippen LogP contribution in [-0.4, -0.2) is 51.8 Å². The number of rotatable bonds is 4. The van der Waals surface area contributed by atoms with E-state index in [9.17, 15) is 9.59 Å². The van der Waals surface area contributed by atoms with Crippen LogP contribution in [0.4, 0.5) is 0 Å². The zero-order valence-electron chi connectivity index (χ0n) is 18.0. The number of pyridine rings is 1. The fourth-order valence-corrected chi connectivity index (χ4v) is 5.38. The highest BCUT2D eigenvalue weighted by Gasteiger charge is 2.56. The molecule has 0 unspecified atom stereocenters. The molecule has 1 aromatic heterocycles. The van der Waals surface area contributed by atoms with E-state index < -0.39 is 5.54 Å². The Hall–Kier alpha value is -2.73. The molecule has 2 fully saturated rings. The van der Waals surface area contributed by atoms with Gasteiger partial charge in [0.2, 0.25) is 11.8 Å². The second-order valence-corrected chi connectivity index (χ2v) is 8.72. The Kier molecular flexibility index (Phi) is 5.60. The van der Waals surface area contributed by atoms with Crippen molar-refractivity contribution >= 4 is 11.8 Å². The Morgan fingerprint density at radius 3 is 2.53 bits per heavy atom. The van der Waals surface area contributed by atoms with Crippen molar-refractivity contribution in [1.82, 2.24) is 20.1 Å². The van der Waals surface area contributed by atoms with Gasteiger partial charge in [0.1, 0.15) is 0 Å². The van der Waals surface area contributed by atoms with Gasteiger partial charge in [0, 0.05) is 45.1 Å². The smallest absolute Gasteiger partial charge is 0.220 e. The molecule has 4 rings (SSSR count). The number of likely N-dealkylation sites (tertiary alicyclic amines) is 2. The minimum atomic E-state index is -0.458. The summed E-state index contributed by atoms with van der Waals surface area (Å²) in [6.07, 6.45) is 0.912. The molecule has 2 amide bonds. The molecule has 6 nitrogen and oxygen atoms in total. The number of piperidine rings is 1. The van der Waals surface area contributed by atoms with Crippen molar-refractivity contribution in [3.05, 3.63) is 65.5 Å². The molecule has 1 N–H and O–H groups in total. The first-order chi connectivity index (χ1) is 14.4. The molecule has 1 aromatic carbocycles. The van der Waals surface area contributed by atoms with Gasteiger partial charge < -0.3 is 10.2 Å². The number of carbonyl (C=O) groups excluding carboxylic acids is 2. The molecule has 2 aliphatic rings. The number of nitrogens with zero attached hydrogens (tertiary/aromatic N) is 3. The van der Waals surface area contributed by atoms with Gasteiger partial charge in [-0.2, -0.15) is 0 Å². The maximum absolute atomic E-state index is 12.6. The van der Waals surface area contributed by atoms with Crippen molar-refractivity contribution in [2.24, 2.45) is 5.92 Å². The topological polar surface area (TPSA) is 65.5 Å². The molecule has 2 aromatic rings. The lowest BCUT2D eigenvalue weighted by molar-refractivity contribution is -0.130. The number of hydrogen-bond acceptors (Lipinski definition) is 4. The molecule has 0 spiro atoms. The molecule has 158 valence electrons. The number of nitrogens with one attached hydrogen (secondary N) is 1. The van der Waals surface area contributed by atoms with Crippen LogP contribution >= 0.6 is 0 Å². The first-order valence-electron chi connectivity index (χ1n) is 10.6.